The molecule has 0 aliphatic rings. The zero-order chi connectivity index (χ0) is 27.9. The molecule has 2 heterocycles. The Kier molecular flexibility index (Phi) is 9.34. The Balaban J connectivity index is 1.51. The van der Waals surface area contributed by atoms with Gasteiger partial charge in [-0.1, -0.05) is 23.7 Å². The van der Waals surface area contributed by atoms with Crippen LogP contribution >= 0.6 is 11.6 Å². The lowest BCUT2D eigenvalue weighted by Crippen LogP contribution is -2.23. The van der Waals surface area contributed by atoms with Crippen LogP contribution in [-0.4, -0.2) is 39.7 Å². The fourth-order valence-corrected chi connectivity index (χ4v) is 4.50. The van der Waals surface area contributed by atoms with Crippen LogP contribution in [0.25, 0.3) is 28.0 Å². The van der Waals surface area contributed by atoms with Crippen molar-refractivity contribution in [1.82, 2.24) is 14.5 Å². The number of rotatable bonds is 12. The van der Waals surface area contributed by atoms with Crippen molar-refractivity contribution in [2.45, 2.75) is 45.3 Å². The first-order valence-corrected chi connectivity index (χ1v) is 13.2. The highest BCUT2D eigenvalue weighted by Gasteiger charge is 2.15. The Hall–Kier alpha value is -3.73. The van der Waals surface area contributed by atoms with E-state index >= 15 is 4.39 Å². The lowest BCUT2D eigenvalue weighted by Gasteiger charge is -2.09. The van der Waals surface area contributed by atoms with Crippen LogP contribution in [0.2, 0.25) is 5.02 Å². The van der Waals surface area contributed by atoms with Crippen LogP contribution in [-0.2, 0) is 17.8 Å². The van der Waals surface area contributed by atoms with E-state index in [2.05, 4.69) is 15.0 Å². The van der Waals surface area contributed by atoms with E-state index in [-0.39, 0.29) is 17.0 Å². The van der Waals surface area contributed by atoms with Gasteiger partial charge in [-0.2, -0.15) is 4.98 Å². The molecule has 0 aliphatic heterocycles. The summed E-state index contributed by atoms with van der Waals surface area (Å²) in [5, 5.41) is 0.711. The summed E-state index contributed by atoms with van der Waals surface area (Å²) in [6.07, 6.45) is 4.87. The smallest absolute Gasteiger partial charge is 0.354 e. The van der Waals surface area contributed by atoms with E-state index in [1.165, 1.54) is 4.57 Å². The summed E-state index contributed by atoms with van der Waals surface area (Å²) in [6.45, 7) is 3.42. The van der Waals surface area contributed by atoms with Crippen LogP contribution in [0.4, 0.5) is 4.39 Å². The molecule has 0 bridgehead atoms. The average Bonchev–Trinajstić information content (AvgIpc) is 3.30. The molecule has 7 N–H and O–H groups in total. The molecule has 2 aromatic heterocycles. The van der Waals surface area contributed by atoms with E-state index in [1.54, 1.807) is 24.4 Å². The standard InChI is InChI=1S/C28H33ClFN7O2/c1-17(31)4-2-5-19-12-22(25(30)23(29)13-19)24-14-20-15-37(28(38)36-26(20)35-24)21-8-6-18(7-9-21)16-39-11-3-10-34-27(32)33/h6-9,12-15,17H,2-5,10-11,16,31H2,1H3,(H4,32,33,34)(H,35,36,38). The van der Waals surface area contributed by atoms with E-state index in [4.69, 9.17) is 33.5 Å². The molecule has 0 spiro atoms. The predicted octanol–water partition coefficient (Wildman–Crippen LogP) is 4.02. The molecule has 4 rings (SSSR count). The van der Waals surface area contributed by atoms with Crippen molar-refractivity contribution >= 4 is 28.6 Å². The van der Waals surface area contributed by atoms with Gasteiger partial charge < -0.3 is 26.9 Å². The molecule has 0 saturated carbocycles. The van der Waals surface area contributed by atoms with Crippen LogP contribution in [0.3, 0.4) is 0 Å². The van der Waals surface area contributed by atoms with Gasteiger partial charge in [-0.25, -0.2) is 9.18 Å². The normalized spacial score (nSPS) is 12.1. The van der Waals surface area contributed by atoms with Gasteiger partial charge in [0, 0.05) is 36.3 Å². The lowest BCUT2D eigenvalue weighted by molar-refractivity contribution is 0.120. The Bertz CT molecular complexity index is 1510. The Labute approximate surface area is 230 Å². The number of benzene rings is 2. The van der Waals surface area contributed by atoms with Crippen molar-refractivity contribution in [3.8, 4) is 16.9 Å². The monoisotopic (exact) mass is 553 g/mol. The van der Waals surface area contributed by atoms with Crippen LogP contribution in [0.15, 0.2) is 58.4 Å². The van der Waals surface area contributed by atoms with Gasteiger partial charge in [-0.15, -0.1) is 0 Å². The minimum absolute atomic E-state index is 0.0484. The van der Waals surface area contributed by atoms with E-state index in [0.29, 0.717) is 54.2 Å². The van der Waals surface area contributed by atoms with E-state index < -0.39 is 11.5 Å². The van der Waals surface area contributed by atoms with Crippen molar-refractivity contribution in [1.29, 1.82) is 0 Å². The molecule has 2 aromatic carbocycles. The molecule has 11 heteroatoms. The van der Waals surface area contributed by atoms with Crippen LogP contribution in [0.5, 0.6) is 0 Å². The summed E-state index contributed by atoms with van der Waals surface area (Å²) in [6, 6.07) is 12.7. The SMILES string of the molecule is CC(N)CCCc1cc(Cl)c(F)c(-c2cc3cn(-c4ccc(COCCCN=C(N)N)cc4)c(=O)nc3[nH]2)c1. The van der Waals surface area contributed by atoms with Gasteiger partial charge in [0.1, 0.15) is 5.65 Å². The predicted molar refractivity (Wildman–Crippen MR) is 154 cm³/mol. The van der Waals surface area contributed by atoms with Gasteiger partial charge in [0.25, 0.3) is 0 Å². The number of ether oxygens (including phenoxy) is 1. The maximum atomic E-state index is 15.0. The number of H-pyrrole nitrogens is 1. The van der Waals surface area contributed by atoms with Crippen molar-refractivity contribution in [2.24, 2.45) is 22.2 Å². The highest BCUT2D eigenvalue weighted by atomic mass is 35.5. The highest BCUT2D eigenvalue weighted by molar-refractivity contribution is 6.31. The molecular formula is C28H33ClFN7O2. The number of aliphatic imine (C=N–C) groups is 1. The second kappa shape index (κ2) is 12.9. The lowest BCUT2D eigenvalue weighted by atomic mass is 10.0. The summed E-state index contributed by atoms with van der Waals surface area (Å²) >= 11 is 6.21. The van der Waals surface area contributed by atoms with Gasteiger partial charge in [0.2, 0.25) is 0 Å². The van der Waals surface area contributed by atoms with Crippen LogP contribution < -0.4 is 22.9 Å². The molecule has 9 nitrogen and oxygen atoms in total. The number of aromatic nitrogens is 3. The quantitative estimate of drug-likeness (QED) is 0.118. The van der Waals surface area contributed by atoms with E-state index in [1.807, 2.05) is 31.2 Å². The van der Waals surface area contributed by atoms with Gasteiger partial charge in [0.05, 0.1) is 23.0 Å². The number of nitrogens with one attached hydrogen (secondary N) is 1. The fourth-order valence-electron chi connectivity index (χ4n) is 4.26. The Morgan fingerprint density at radius 3 is 2.67 bits per heavy atom. The second-order valence-electron chi connectivity index (χ2n) is 9.57. The summed E-state index contributed by atoms with van der Waals surface area (Å²) in [5.74, 6) is -0.456. The maximum absolute atomic E-state index is 15.0. The number of hydrogen-bond donors (Lipinski definition) is 4. The van der Waals surface area contributed by atoms with Gasteiger partial charge in [-0.05, 0) is 74.1 Å². The molecule has 39 heavy (non-hydrogen) atoms. The first-order valence-electron chi connectivity index (χ1n) is 12.8. The van der Waals surface area contributed by atoms with Gasteiger partial charge in [0.15, 0.2) is 11.8 Å². The molecule has 0 fully saturated rings. The third-order valence-electron chi connectivity index (χ3n) is 6.24. The average molecular weight is 554 g/mol. The minimum atomic E-state index is -0.525. The number of halogens is 2. The van der Waals surface area contributed by atoms with Crippen molar-refractivity contribution in [3.05, 3.63) is 81.1 Å². The summed E-state index contributed by atoms with van der Waals surface area (Å²) < 4.78 is 22.1. The van der Waals surface area contributed by atoms with E-state index in [0.717, 1.165) is 30.4 Å². The second-order valence-corrected chi connectivity index (χ2v) is 9.98. The number of guanidine groups is 1. The fraction of sp³-hybridized carbons (Fsp3) is 0.321. The first kappa shape index (κ1) is 28.3. The number of fused-ring (bicyclic) bond motifs is 1. The molecule has 4 aromatic rings. The third kappa shape index (κ3) is 7.44. The summed E-state index contributed by atoms with van der Waals surface area (Å²) in [7, 11) is 0. The molecule has 1 atom stereocenters. The third-order valence-corrected chi connectivity index (χ3v) is 6.51. The Morgan fingerprint density at radius 1 is 1.18 bits per heavy atom. The summed E-state index contributed by atoms with van der Waals surface area (Å²) in [5.41, 5.74) is 19.7. The minimum Gasteiger partial charge on any atom is -0.377 e. The summed E-state index contributed by atoms with van der Waals surface area (Å²) in [4.78, 5) is 24.0. The number of nitrogens with zero attached hydrogens (tertiary/aromatic N) is 3. The molecule has 0 aliphatic carbocycles. The number of hydrogen-bond acceptors (Lipinski definition) is 5. The molecule has 0 amide bonds. The van der Waals surface area contributed by atoms with Crippen molar-refractivity contribution < 1.29 is 9.13 Å². The topological polar surface area (TPSA) is 150 Å². The molecule has 206 valence electrons. The largest absolute Gasteiger partial charge is 0.377 e. The van der Waals surface area contributed by atoms with Gasteiger partial charge >= 0.3 is 5.69 Å². The van der Waals surface area contributed by atoms with E-state index in [9.17, 15) is 4.79 Å². The number of nitrogens with two attached hydrogens (primary N) is 3. The van der Waals surface area contributed by atoms with Crippen LogP contribution in [0.1, 0.15) is 37.3 Å². The Morgan fingerprint density at radius 2 is 1.95 bits per heavy atom. The van der Waals surface area contributed by atoms with Crippen molar-refractivity contribution in [3.63, 3.8) is 0 Å². The zero-order valence-electron chi connectivity index (χ0n) is 21.8. The highest BCUT2D eigenvalue weighted by Crippen LogP contribution is 2.31. The zero-order valence-corrected chi connectivity index (χ0v) is 22.5. The molecule has 1 unspecified atom stereocenters. The molecular weight excluding hydrogens is 521 g/mol. The molecule has 0 radical (unpaired) electrons. The van der Waals surface area contributed by atoms with Gasteiger partial charge in [-0.3, -0.25) is 9.56 Å². The number of aryl methyl sites for hydroxylation is 1. The maximum Gasteiger partial charge on any atom is 0.354 e. The first-order chi connectivity index (χ1) is 18.7. The molecule has 0 saturated heterocycles. The van der Waals surface area contributed by atoms with Crippen LogP contribution in [0, 0.1) is 5.82 Å². The van der Waals surface area contributed by atoms with Crippen molar-refractivity contribution in [2.75, 3.05) is 13.2 Å². The number of aromatic amines is 1.